The van der Waals surface area contributed by atoms with Crippen LogP contribution in [0.1, 0.15) is 59.3 Å². The lowest BCUT2D eigenvalue weighted by Gasteiger charge is -2.59. The molecule has 7 nitrogen and oxygen atoms in total. The number of ketones is 2. The third kappa shape index (κ3) is 3.87. The number of hydrogen-bond acceptors (Lipinski definition) is 7. The number of hydrogen-bond donors (Lipinski definition) is 2. The number of rotatable bonds is 7. The van der Waals surface area contributed by atoms with Gasteiger partial charge in [-0.05, 0) is 80.4 Å². The average molecular weight is 536 g/mol. The van der Waals surface area contributed by atoms with Crippen LogP contribution in [0.4, 0.5) is 5.69 Å². The number of aliphatic hydroxyl groups excluding tert-OH is 1. The van der Waals surface area contributed by atoms with Gasteiger partial charge in [0.1, 0.15) is 12.4 Å². The van der Waals surface area contributed by atoms with Gasteiger partial charge in [-0.25, -0.2) is 0 Å². The molecule has 1 aromatic rings. The number of nitrogens with one attached hydrogen (secondary N) is 1. The predicted molar refractivity (Wildman–Crippen MR) is 147 cm³/mol. The highest BCUT2D eigenvalue weighted by Crippen LogP contribution is 2.69. The summed E-state index contributed by atoms with van der Waals surface area (Å²) >= 11 is 0. The van der Waals surface area contributed by atoms with Crippen LogP contribution in [-0.2, 0) is 19.1 Å². The summed E-state index contributed by atoms with van der Waals surface area (Å²) in [6.07, 6.45) is 8.50. The molecular formula is C32H41NO6. The quantitative estimate of drug-likeness (QED) is 0.516. The third-order valence-electron chi connectivity index (χ3n) is 10.7. The summed E-state index contributed by atoms with van der Waals surface area (Å²) in [7, 11) is 1.86. The van der Waals surface area contributed by atoms with Crippen LogP contribution in [0, 0.1) is 28.6 Å². The molecule has 0 radical (unpaired) electrons. The maximum atomic E-state index is 14.3. The fourth-order valence-corrected chi connectivity index (χ4v) is 8.98. The van der Waals surface area contributed by atoms with Gasteiger partial charge in [0, 0.05) is 29.5 Å². The molecule has 4 aliphatic carbocycles. The lowest BCUT2D eigenvalue weighted by molar-refractivity contribution is -0.200. The van der Waals surface area contributed by atoms with Gasteiger partial charge in [-0.2, -0.15) is 0 Å². The van der Waals surface area contributed by atoms with Crippen molar-refractivity contribution >= 4 is 17.3 Å². The zero-order chi connectivity index (χ0) is 27.6. The van der Waals surface area contributed by atoms with Gasteiger partial charge in [0.05, 0.1) is 12.2 Å². The molecule has 6 rings (SSSR count). The summed E-state index contributed by atoms with van der Waals surface area (Å²) in [6, 6.07) is 7.53. The second-order valence-corrected chi connectivity index (χ2v) is 12.6. The van der Waals surface area contributed by atoms with Crippen molar-refractivity contribution in [2.24, 2.45) is 28.6 Å². The van der Waals surface area contributed by atoms with Crippen molar-refractivity contribution in [2.75, 3.05) is 19.0 Å². The molecule has 1 saturated heterocycles. The second-order valence-electron chi connectivity index (χ2n) is 12.6. The standard InChI is InChI=1S/C32H41NO6/c1-5-6-28-38-27-16-24-23-12-7-19-15-21(34)13-14-30(19,2)29(23)25(35)17-31(24,3)32(27,39-28)26(36)18-37-22-10-8-20(33-4)9-11-22/h8-11,13-15,23-25,27-29,33,35H,5-7,12,16-18H2,1-4H3/t23-,24-,25-,27+,28-,29+,30-,31-,32+/m0/s1. The van der Waals surface area contributed by atoms with Crippen LogP contribution in [0.2, 0.25) is 0 Å². The number of benzene rings is 1. The number of fused-ring (bicyclic) bond motifs is 7. The summed E-state index contributed by atoms with van der Waals surface area (Å²) in [6.45, 7) is 6.28. The Hall–Kier alpha value is -2.48. The number of allylic oxidation sites excluding steroid dienone is 4. The van der Waals surface area contributed by atoms with E-state index in [-0.39, 0.29) is 47.4 Å². The SMILES string of the molecule is CCC[C@H]1O[C@@H]2C[C@H]3[C@@H]4CCC5=CC(=O)C=C[C@]5(C)[C@H]4[C@@H](O)C[C@]3(C)[C@]2(C(=O)COc2ccc(NC)cc2)O1. The topological polar surface area (TPSA) is 94.1 Å². The number of anilines is 1. The number of carbonyl (C=O) groups excluding carboxylic acids is 2. The van der Waals surface area contributed by atoms with E-state index >= 15 is 0 Å². The van der Waals surface area contributed by atoms with Gasteiger partial charge in [0.15, 0.2) is 17.7 Å². The number of aliphatic hydroxyl groups is 1. The molecule has 0 spiro atoms. The van der Waals surface area contributed by atoms with Gasteiger partial charge in [0.2, 0.25) is 5.78 Å². The Morgan fingerprint density at radius 2 is 2.00 bits per heavy atom. The molecule has 210 valence electrons. The third-order valence-corrected chi connectivity index (χ3v) is 10.7. The minimum absolute atomic E-state index is 0.0146. The maximum absolute atomic E-state index is 14.3. The van der Waals surface area contributed by atoms with Crippen LogP contribution in [0.3, 0.4) is 0 Å². The van der Waals surface area contributed by atoms with Gasteiger partial charge < -0.3 is 24.6 Å². The van der Waals surface area contributed by atoms with Crippen molar-refractivity contribution in [2.45, 2.75) is 83.4 Å². The van der Waals surface area contributed by atoms with Gasteiger partial charge in [-0.3, -0.25) is 9.59 Å². The minimum Gasteiger partial charge on any atom is -0.486 e. The Balaban J connectivity index is 1.32. The van der Waals surface area contributed by atoms with Crippen LogP contribution >= 0.6 is 0 Å². The molecule has 3 saturated carbocycles. The summed E-state index contributed by atoms with van der Waals surface area (Å²) in [5.41, 5.74) is -0.0274. The summed E-state index contributed by atoms with van der Waals surface area (Å²) in [5, 5.41) is 14.9. The fraction of sp³-hybridized carbons (Fsp3) is 0.625. The van der Waals surface area contributed by atoms with Crippen LogP contribution in [0.15, 0.2) is 48.1 Å². The molecule has 0 amide bonds. The first-order chi connectivity index (χ1) is 18.7. The molecule has 1 heterocycles. The fourth-order valence-electron chi connectivity index (χ4n) is 8.98. The Labute approximate surface area is 231 Å². The van der Waals surface area contributed by atoms with E-state index in [0.717, 1.165) is 43.4 Å². The molecule has 2 N–H and O–H groups in total. The first kappa shape index (κ1) is 26.7. The van der Waals surface area contributed by atoms with E-state index in [1.54, 1.807) is 12.2 Å². The average Bonchev–Trinajstić information content (AvgIpc) is 3.40. The molecule has 7 heteroatoms. The number of ether oxygens (including phenoxy) is 3. The van der Waals surface area contributed by atoms with Crippen LogP contribution < -0.4 is 10.1 Å². The lowest BCUT2D eigenvalue weighted by Crippen LogP contribution is -2.63. The monoisotopic (exact) mass is 535 g/mol. The molecule has 5 aliphatic rings. The highest BCUT2D eigenvalue weighted by Gasteiger charge is 2.75. The van der Waals surface area contributed by atoms with Crippen LogP contribution in [0.5, 0.6) is 5.75 Å². The van der Waals surface area contributed by atoms with E-state index in [2.05, 4.69) is 26.1 Å². The van der Waals surface area contributed by atoms with Crippen molar-refractivity contribution in [3.8, 4) is 5.75 Å². The predicted octanol–water partition coefficient (Wildman–Crippen LogP) is 4.85. The smallest absolute Gasteiger partial charge is 0.205 e. The van der Waals surface area contributed by atoms with Crippen molar-refractivity contribution < 1.29 is 28.9 Å². The first-order valence-electron chi connectivity index (χ1n) is 14.6. The van der Waals surface area contributed by atoms with Gasteiger partial charge >= 0.3 is 0 Å². The van der Waals surface area contributed by atoms with E-state index in [4.69, 9.17) is 14.2 Å². The summed E-state index contributed by atoms with van der Waals surface area (Å²) in [4.78, 5) is 26.4. The largest absolute Gasteiger partial charge is 0.486 e. The Morgan fingerprint density at radius 1 is 1.23 bits per heavy atom. The molecule has 0 bridgehead atoms. The molecule has 0 unspecified atom stereocenters. The van der Waals surface area contributed by atoms with Crippen LogP contribution in [-0.4, -0.2) is 54.4 Å². The molecule has 1 aromatic carbocycles. The first-order valence-corrected chi connectivity index (χ1v) is 14.6. The van der Waals surface area contributed by atoms with E-state index in [9.17, 15) is 14.7 Å². The molecule has 39 heavy (non-hydrogen) atoms. The van der Waals surface area contributed by atoms with Gasteiger partial charge in [-0.15, -0.1) is 0 Å². The van der Waals surface area contributed by atoms with Gasteiger partial charge in [0.25, 0.3) is 0 Å². The van der Waals surface area contributed by atoms with E-state index in [1.165, 1.54) is 0 Å². The van der Waals surface area contributed by atoms with Crippen molar-refractivity contribution in [1.82, 2.24) is 0 Å². The number of Topliss-reactive ketones (excluding diaryl/α,β-unsaturated/α-hetero) is 1. The number of carbonyl (C=O) groups is 2. The minimum atomic E-state index is -1.16. The van der Waals surface area contributed by atoms with Crippen LogP contribution in [0.25, 0.3) is 0 Å². The molecule has 1 aliphatic heterocycles. The summed E-state index contributed by atoms with van der Waals surface area (Å²) < 4.78 is 19.2. The second kappa shape index (κ2) is 9.57. The highest BCUT2D eigenvalue weighted by atomic mass is 16.7. The molecular weight excluding hydrogens is 494 g/mol. The van der Waals surface area contributed by atoms with E-state index < -0.39 is 23.4 Å². The zero-order valence-electron chi connectivity index (χ0n) is 23.4. The molecule has 0 aromatic heterocycles. The highest BCUT2D eigenvalue weighted by molar-refractivity contribution is 6.01. The normalized spacial score (nSPS) is 42.2. The lowest BCUT2D eigenvalue weighted by atomic mass is 9.46. The molecule has 9 atom stereocenters. The maximum Gasteiger partial charge on any atom is 0.205 e. The van der Waals surface area contributed by atoms with Crippen molar-refractivity contribution in [3.05, 3.63) is 48.1 Å². The Bertz CT molecular complexity index is 1210. The molecule has 4 fully saturated rings. The van der Waals surface area contributed by atoms with Crippen molar-refractivity contribution in [1.29, 1.82) is 0 Å². The Kier molecular flexibility index (Phi) is 6.56. The Morgan fingerprint density at radius 3 is 2.72 bits per heavy atom. The summed E-state index contributed by atoms with van der Waals surface area (Å²) in [5.74, 6) is 0.883. The van der Waals surface area contributed by atoms with Crippen molar-refractivity contribution in [3.63, 3.8) is 0 Å². The van der Waals surface area contributed by atoms with E-state index in [0.29, 0.717) is 12.2 Å². The van der Waals surface area contributed by atoms with Gasteiger partial charge in [-0.1, -0.05) is 38.8 Å². The zero-order valence-corrected chi connectivity index (χ0v) is 23.4. The van der Waals surface area contributed by atoms with E-state index in [1.807, 2.05) is 37.4 Å².